The molecule has 1 heterocycles. The summed E-state index contributed by atoms with van der Waals surface area (Å²) in [5.41, 5.74) is 3.47. The first kappa shape index (κ1) is 14.7. The summed E-state index contributed by atoms with van der Waals surface area (Å²) < 4.78 is 11.2. The van der Waals surface area contributed by atoms with Crippen molar-refractivity contribution in [3.63, 3.8) is 0 Å². The summed E-state index contributed by atoms with van der Waals surface area (Å²) in [5, 5.41) is 0.763. The highest BCUT2D eigenvalue weighted by Gasteiger charge is 2.22. The van der Waals surface area contributed by atoms with Crippen LogP contribution < -0.4 is 9.47 Å². The standard InChI is InChI=1S/C17H16BrClO2/c1-20-16-5-3-2-4-11(16)9-15(18)14-10-13(19)8-12-6-7-21-17(12)14/h2-5,8,10,15H,6-7,9H2,1H3. The second-order valence-electron chi connectivity index (χ2n) is 5.07. The van der Waals surface area contributed by atoms with Crippen LogP contribution in [0.2, 0.25) is 5.02 Å². The molecule has 0 radical (unpaired) electrons. The Kier molecular flexibility index (Phi) is 4.41. The van der Waals surface area contributed by atoms with Crippen LogP contribution in [0.1, 0.15) is 21.5 Å². The normalized spacial score (nSPS) is 14.4. The van der Waals surface area contributed by atoms with Crippen LogP contribution in [-0.4, -0.2) is 13.7 Å². The number of halogens is 2. The number of fused-ring (bicyclic) bond motifs is 1. The van der Waals surface area contributed by atoms with Gasteiger partial charge in [-0.15, -0.1) is 0 Å². The lowest BCUT2D eigenvalue weighted by molar-refractivity contribution is 0.353. The molecule has 0 bridgehead atoms. The summed E-state index contributed by atoms with van der Waals surface area (Å²) in [7, 11) is 1.70. The molecule has 1 aliphatic rings. The Morgan fingerprint density at radius 1 is 1.33 bits per heavy atom. The number of benzene rings is 2. The average Bonchev–Trinajstić information content (AvgIpc) is 2.94. The van der Waals surface area contributed by atoms with E-state index in [2.05, 4.69) is 22.0 Å². The number of methoxy groups -OCH3 is 1. The zero-order valence-corrected chi connectivity index (χ0v) is 14.1. The van der Waals surface area contributed by atoms with Crippen LogP contribution in [0.3, 0.4) is 0 Å². The molecule has 0 N–H and O–H groups in total. The fraction of sp³-hybridized carbons (Fsp3) is 0.294. The Balaban J connectivity index is 1.91. The molecule has 1 atom stereocenters. The molecule has 2 aromatic carbocycles. The number of rotatable bonds is 4. The molecule has 0 spiro atoms. The molecule has 1 aliphatic heterocycles. The van der Waals surface area contributed by atoms with E-state index < -0.39 is 0 Å². The topological polar surface area (TPSA) is 18.5 Å². The Morgan fingerprint density at radius 2 is 2.14 bits per heavy atom. The number of para-hydroxylation sites is 1. The molecule has 0 aliphatic carbocycles. The van der Waals surface area contributed by atoms with Crippen LogP contribution in [0.5, 0.6) is 11.5 Å². The number of ether oxygens (including phenoxy) is 2. The number of hydrogen-bond acceptors (Lipinski definition) is 2. The monoisotopic (exact) mass is 366 g/mol. The number of hydrogen-bond donors (Lipinski definition) is 0. The van der Waals surface area contributed by atoms with Crippen LogP contribution in [0.25, 0.3) is 0 Å². The molecule has 4 heteroatoms. The molecule has 0 saturated heterocycles. The van der Waals surface area contributed by atoms with Gasteiger partial charge in [-0.2, -0.15) is 0 Å². The summed E-state index contributed by atoms with van der Waals surface area (Å²) in [6.45, 7) is 0.733. The molecular weight excluding hydrogens is 352 g/mol. The third-order valence-electron chi connectivity index (χ3n) is 3.71. The Morgan fingerprint density at radius 3 is 2.95 bits per heavy atom. The molecule has 21 heavy (non-hydrogen) atoms. The third kappa shape index (κ3) is 3.04. The lowest BCUT2D eigenvalue weighted by Gasteiger charge is -2.16. The van der Waals surface area contributed by atoms with Crippen molar-refractivity contribution >= 4 is 27.5 Å². The van der Waals surface area contributed by atoms with Gasteiger partial charge in [0.25, 0.3) is 0 Å². The van der Waals surface area contributed by atoms with Gasteiger partial charge in [0.05, 0.1) is 13.7 Å². The lowest BCUT2D eigenvalue weighted by atomic mass is 10.0. The van der Waals surface area contributed by atoms with Gasteiger partial charge in [-0.3, -0.25) is 0 Å². The predicted molar refractivity (Wildman–Crippen MR) is 89.0 cm³/mol. The highest BCUT2D eigenvalue weighted by atomic mass is 79.9. The highest BCUT2D eigenvalue weighted by Crippen LogP contribution is 2.41. The van der Waals surface area contributed by atoms with E-state index in [-0.39, 0.29) is 4.83 Å². The van der Waals surface area contributed by atoms with Crippen molar-refractivity contribution in [2.24, 2.45) is 0 Å². The maximum absolute atomic E-state index is 6.23. The van der Waals surface area contributed by atoms with Crippen molar-refractivity contribution in [2.45, 2.75) is 17.7 Å². The smallest absolute Gasteiger partial charge is 0.127 e. The minimum Gasteiger partial charge on any atom is -0.496 e. The van der Waals surface area contributed by atoms with Crippen LogP contribution in [-0.2, 0) is 12.8 Å². The van der Waals surface area contributed by atoms with Gasteiger partial charge in [0.15, 0.2) is 0 Å². The van der Waals surface area contributed by atoms with E-state index in [0.29, 0.717) is 0 Å². The first-order valence-electron chi connectivity index (χ1n) is 6.90. The Labute approximate surface area is 138 Å². The van der Waals surface area contributed by atoms with Gasteiger partial charge in [-0.25, -0.2) is 0 Å². The second-order valence-corrected chi connectivity index (χ2v) is 6.61. The first-order chi connectivity index (χ1) is 10.2. The summed E-state index contributed by atoms with van der Waals surface area (Å²) in [6, 6.07) is 12.0. The highest BCUT2D eigenvalue weighted by molar-refractivity contribution is 9.09. The summed E-state index contributed by atoms with van der Waals surface area (Å²) in [5.74, 6) is 1.89. The lowest BCUT2D eigenvalue weighted by Crippen LogP contribution is -2.00. The van der Waals surface area contributed by atoms with Crippen molar-refractivity contribution in [3.05, 3.63) is 58.1 Å². The first-order valence-corrected chi connectivity index (χ1v) is 8.19. The van der Waals surface area contributed by atoms with Crippen molar-refractivity contribution in [2.75, 3.05) is 13.7 Å². The largest absolute Gasteiger partial charge is 0.496 e. The summed E-state index contributed by atoms with van der Waals surface area (Å²) >= 11 is 10.0. The van der Waals surface area contributed by atoms with Gasteiger partial charge in [-0.05, 0) is 35.7 Å². The van der Waals surface area contributed by atoms with Crippen LogP contribution >= 0.6 is 27.5 Å². The number of alkyl halides is 1. The third-order valence-corrected chi connectivity index (χ3v) is 4.74. The Hall–Kier alpha value is -1.19. The second kappa shape index (κ2) is 6.29. The minimum absolute atomic E-state index is 0.138. The SMILES string of the molecule is COc1ccccc1CC(Br)c1cc(Cl)cc2c1OCC2. The minimum atomic E-state index is 0.138. The Bertz CT molecular complexity index is 657. The maximum atomic E-state index is 6.23. The maximum Gasteiger partial charge on any atom is 0.127 e. The van der Waals surface area contributed by atoms with Gasteiger partial charge in [0.2, 0.25) is 0 Å². The van der Waals surface area contributed by atoms with Gasteiger partial charge >= 0.3 is 0 Å². The van der Waals surface area contributed by atoms with E-state index in [4.69, 9.17) is 21.1 Å². The van der Waals surface area contributed by atoms with Gasteiger partial charge in [0, 0.05) is 21.8 Å². The van der Waals surface area contributed by atoms with Crippen LogP contribution in [0, 0.1) is 0 Å². The molecule has 0 aromatic heterocycles. The molecule has 0 fully saturated rings. The van der Waals surface area contributed by atoms with Crippen molar-refractivity contribution in [3.8, 4) is 11.5 Å². The predicted octanol–water partition coefficient (Wildman–Crippen LogP) is 4.96. The van der Waals surface area contributed by atoms with E-state index in [1.54, 1.807) is 7.11 Å². The van der Waals surface area contributed by atoms with Gasteiger partial charge in [0.1, 0.15) is 11.5 Å². The van der Waals surface area contributed by atoms with E-state index in [9.17, 15) is 0 Å². The van der Waals surface area contributed by atoms with Crippen LogP contribution in [0.4, 0.5) is 0 Å². The zero-order chi connectivity index (χ0) is 14.8. The molecular formula is C17H16BrClO2. The molecule has 2 aromatic rings. The molecule has 110 valence electrons. The van der Waals surface area contributed by atoms with E-state index in [0.717, 1.165) is 47.1 Å². The average molecular weight is 368 g/mol. The molecule has 2 nitrogen and oxygen atoms in total. The van der Waals surface area contributed by atoms with Crippen molar-refractivity contribution in [1.29, 1.82) is 0 Å². The summed E-state index contributed by atoms with van der Waals surface area (Å²) in [4.78, 5) is 0.138. The van der Waals surface area contributed by atoms with Gasteiger partial charge in [-0.1, -0.05) is 45.7 Å². The quantitative estimate of drug-likeness (QED) is 0.711. The van der Waals surface area contributed by atoms with Crippen molar-refractivity contribution in [1.82, 2.24) is 0 Å². The van der Waals surface area contributed by atoms with Crippen molar-refractivity contribution < 1.29 is 9.47 Å². The van der Waals surface area contributed by atoms with Gasteiger partial charge < -0.3 is 9.47 Å². The van der Waals surface area contributed by atoms with E-state index >= 15 is 0 Å². The summed E-state index contributed by atoms with van der Waals surface area (Å²) in [6.07, 6.45) is 1.75. The van der Waals surface area contributed by atoms with Crippen LogP contribution in [0.15, 0.2) is 36.4 Å². The zero-order valence-electron chi connectivity index (χ0n) is 11.7. The molecule has 1 unspecified atom stereocenters. The fourth-order valence-electron chi connectivity index (χ4n) is 2.71. The molecule has 3 rings (SSSR count). The van der Waals surface area contributed by atoms with E-state index in [1.807, 2.05) is 30.3 Å². The molecule has 0 amide bonds. The fourth-order valence-corrected chi connectivity index (χ4v) is 3.64. The van der Waals surface area contributed by atoms with E-state index in [1.165, 1.54) is 5.56 Å². The molecule has 0 saturated carbocycles.